The van der Waals surface area contributed by atoms with E-state index in [1.807, 2.05) is 0 Å². The molecule has 0 amide bonds. The summed E-state index contributed by atoms with van der Waals surface area (Å²) in [4.78, 5) is 0. The molecule has 1 atom stereocenters. The van der Waals surface area contributed by atoms with E-state index in [1.165, 1.54) is 15.6 Å². The third-order valence-electron chi connectivity index (χ3n) is 2.87. The molecule has 2 heteroatoms. The lowest BCUT2D eigenvalue weighted by atomic mass is 9.88. The van der Waals surface area contributed by atoms with Gasteiger partial charge in [0.15, 0.2) is 0 Å². The van der Waals surface area contributed by atoms with Crippen LogP contribution in [0.15, 0.2) is 22.7 Å². The van der Waals surface area contributed by atoms with Crippen LogP contribution in [0.25, 0.3) is 0 Å². The van der Waals surface area contributed by atoms with Crippen LogP contribution in [0, 0.1) is 5.92 Å². The molecule has 0 saturated carbocycles. The van der Waals surface area contributed by atoms with Gasteiger partial charge in [-0.3, -0.25) is 0 Å². The molecule has 0 aromatic heterocycles. The van der Waals surface area contributed by atoms with E-state index < -0.39 is 0 Å². The molecule has 0 saturated heterocycles. The number of hydrogen-bond donors (Lipinski definition) is 1. The minimum atomic E-state index is 0.524. The van der Waals surface area contributed by atoms with E-state index in [-0.39, 0.29) is 0 Å². The molecular formula is C12H16BrN. The second-order valence-electron chi connectivity index (χ2n) is 4.27. The molecule has 2 rings (SSSR count). The number of hydrogen-bond acceptors (Lipinski definition) is 1. The van der Waals surface area contributed by atoms with Crippen LogP contribution in [-0.4, -0.2) is 6.54 Å². The highest BCUT2D eigenvalue weighted by atomic mass is 79.9. The minimum Gasteiger partial charge on any atom is -0.309 e. The molecule has 1 aromatic rings. The van der Waals surface area contributed by atoms with Gasteiger partial charge >= 0.3 is 0 Å². The van der Waals surface area contributed by atoms with Gasteiger partial charge in [0.25, 0.3) is 0 Å². The van der Waals surface area contributed by atoms with Gasteiger partial charge in [0.1, 0.15) is 0 Å². The second-order valence-corrected chi connectivity index (χ2v) is 5.18. The molecule has 1 N–H and O–H groups in total. The Morgan fingerprint density at radius 3 is 2.93 bits per heavy atom. The summed E-state index contributed by atoms with van der Waals surface area (Å²) in [6, 6.07) is 7.17. The topological polar surface area (TPSA) is 12.0 Å². The van der Waals surface area contributed by atoms with Gasteiger partial charge in [0, 0.05) is 10.5 Å². The van der Waals surface area contributed by atoms with E-state index in [9.17, 15) is 0 Å². The van der Waals surface area contributed by atoms with E-state index in [2.05, 4.69) is 53.3 Å². The average Bonchev–Trinajstić information content (AvgIpc) is 2.16. The van der Waals surface area contributed by atoms with Gasteiger partial charge in [-0.2, -0.15) is 0 Å². The molecule has 14 heavy (non-hydrogen) atoms. The van der Waals surface area contributed by atoms with Gasteiger partial charge in [0.05, 0.1) is 0 Å². The van der Waals surface area contributed by atoms with Gasteiger partial charge in [0.2, 0.25) is 0 Å². The maximum absolute atomic E-state index is 3.58. The van der Waals surface area contributed by atoms with Crippen LogP contribution in [0.5, 0.6) is 0 Å². The largest absolute Gasteiger partial charge is 0.309 e. The van der Waals surface area contributed by atoms with Crippen molar-refractivity contribution in [1.82, 2.24) is 5.32 Å². The molecule has 76 valence electrons. The molecule has 1 aromatic carbocycles. The van der Waals surface area contributed by atoms with E-state index in [1.54, 1.807) is 0 Å². The predicted octanol–water partition coefficient (Wildman–Crippen LogP) is 3.29. The Balaban J connectivity index is 2.41. The molecule has 1 aliphatic rings. The lowest BCUT2D eigenvalue weighted by Gasteiger charge is -2.30. The Morgan fingerprint density at radius 1 is 1.43 bits per heavy atom. The summed E-state index contributed by atoms with van der Waals surface area (Å²) in [7, 11) is 0. The summed E-state index contributed by atoms with van der Waals surface area (Å²) >= 11 is 3.54. The molecule has 1 unspecified atom stereocenters. The standard InChI is InChI=1S/C12H16BrN/c1-8(2)12-11-7-10(13)4-3-9(11)5-6-14-12/h3-4,7-8,12,14H,5-6H2,1-2H3. The summed E-state index contributed by atoms with van der Waals surface area (Å²) in [6.45, 7) is 5.65. The van der Waals surface area contributed by atoms with Crippen molar-refractivity contribution in [3.05, 3.63) is 33.8 Å². The lowest BCUT2D eigenvalue weighted by molar-refractivity contribution is 0.395. The Bertz CT molecular complexity index is 333. The van der Waals surface area contributed by atoms with Crippen LogP contribution >= 0.6 is 15.9 Å². The molecule has 0 fully saturated rings. The van der Waals surface area contributed by atoms with Gasteiger partial charge in [-0.05, 0) is 42.1 Å². The van der Waals surface area contributed by atoms with Gasteiger partial charge in [-0.25, -0.2) is 0 Å². The van der Waals surface area contributed by atoms with Gasteiger partial charge in [-0.15, -0.1) is 0 Å². The van der Waals surface area contributed by atoms with Crippen LogP contribution in [0.2, 0.25) is 0 Å². The van der Waals surface area contributed by atoms with E-state index in [0.29, 0.717) is 12.0 Å². The maximum Gasteiger partial charge on any atom is 0.0346 e. The summed E-state index contributed by atoms with van der Waals surface area (Å²) < 4.78 is 1.19. The molecular weight excluding hydrogens is 238 g/mol. The van der Waals surface area contributed by atoms with Crippen molar-refractivity contribution in [1.29, 1.82) is 0 Å². The first-order valence-electron chi connectivity index (χ1n) is 5.20. The van der Waals surface area contributed by atoms with Gasteiger partial charge < -0.3 is 5.32 Å². The van der Waals surface area contributed by atoms with Crippen molar-refractivity contribution >= 4 is 15.9 Å². The first-order valence-corrected chi connectivity index (χ1v) is 5.99. The number of halogens is 1. The Kier molecular flexibility index (Phi) is 2.93. The summed E-state index contributed by atoms with van der Waals surface area (Å²) in [5.41, 5.74) is 2.98. The number of benzene rings is 1. The van der Waals surface area contributed by atoms with Crippen molar-refractivity contribution in [2.24, 2.45) is 5.92 Å². The zero-order valence-corrected chi connectivity index (χ0v) is 10.3. The Morgan fingerprint density at radius 2 is 2.21 bits per heavy atom. The Hall–Kier alpha value is -0.340. The fourth-order valence-electron chi connectivity index (χ4n) is 2.15. The zero-order chi connectivity index (χ0) is 10.1. The fourth-order valence-corrected chi connectivity index (χ4v) is 2.53. The first-order chi connectivity index (χ1) is 6.68. The summed E-state index contributed by atoms with van der Waals surface area (Å²) in [5, 5.41) is 3.58. The molecule has 0 spiro atoms. The average molecular weight is 254 g/mol. The molecule has 0 bridgehead atoms. The van der Waals surface area contributed by atoms with Crippen molar-refractivity contribution in [3.63, 3.8) is 0 Å². The highest BCUT2D eigenvalue weighted by molar-refractivity contribution is 9.10. The third-order valence-corrected chi connectivity index (χ3v) is 3.36. The third kappa shape index (κ3) is 1.86. The van der Waals surface area contributed by atoms with Crippen LogP contribution < -0.4 is 5.32 Å². The molecule has 0 radical (unpaired) electrons. The zero-order valence-electron chi connectivity index (χ0n) is 8.68. The fraction of sp³-hybridized carbons (Fsp3) is 0.500. The van der Waals surface area contributed by atoms with Gasteiger partial charge in [-0.1, -0.05) is 35.8 Å². The van der Waals surface area contributed by atoms with Crippen LogP contribution in [0.4, 0.5) is 0 Å². The monoisotopic (exact) mass is 253 g/mol. The minimum absolute atomic E-state index is 0.524. The van der Waals surface area contributed by atoms with E-state index in [0.717, 1.165) is 13.0 Å². The highest BCUT2D eigenvalue weighted by Crippen LogP contribution is 2.30. The SMILES string of the molecule is CC(C)C1NCCc2ccc(Br)cc21. The normalized spacial score (nSPS) is 21.0. The van der Waals surface area contributed by atoms with E-state index >= 15 is 0 Å². The molecule has 1 aliphatic heterocycles. The van der Waals surface area contributed by atoms with Crippen molar-refractivity contribution in [3.8, 4) is 0 Å². The van der Waals surface area contributed by atoms with Crippen molar-refractivity contribution < 1.29 is 0 Å². The molecule has 1 nitrogen and oxygen atoms in total. The van der Waals surface area contributed by atoms with Crippen LogP contribution in [-0.2, 0) is 6.42 Å². The summed E-state index contributed by atoms with van der Waals surface area (Å²) in [6.07, 6.45) is 1.16. The smallest absolute Gasteiger partial charge is 0.0346 e. The number of rotatable bonds is 1. The second kappa shape index (κ2) is 4.03. The quantitative estimate of drug-likeness (QED) is 0.810. The summed E-state index contributed by atoms with van der Waals surface area (Å²) in [5.74, 6) is 0.656. The maximum atomic E-state index is 3.58. The first kappa shape index (κ1) is 10.2. The van der Waals surface area contributed by atoms with Crippen LogP contribution in [0.3, 0.4) is 0 Å². The van der Waals surface area contributed by atoms with Crippen LogP contribution in [0.1, 0.15) is 31.0 Å². The highest BCUT2D eigenvalue weighted by Gasteiger charge is 2.21. The molecule has 0 aliphatic carbocycles. The van der Waals surface area contributed by atoms with E-state index in [4.69, 9.17) is 0 Å². The number of fused-ring (bicyclic) bond motifs is 1. The number of nitrogens with one attached hydrogen (secondary N) is 1. The molecule has 1 heterocycles. The van der Waals surface area contributed by atoms with Crippen molar-refractivity contribution in [2.45, 2.75) is 26.3 Å². The lowest BCUT2D eigenvalue weighted by Crippen LogP contribution is -2.32. The Labute approximate surface area is 94.0 Å². The predicted molar refractivity (Wildman–Crippen MR) is 63.4 cm³/mol. The van der Waals surface area contributed by atoms with Crippen molar-refractivity contribution in [2.75, 3.05) is 6.54 Å².